The van der Waals surface area contributed by atoms with Crippen LogP contribution >= 0.6 is 0 Å². The Labute approximate surface area is 347 Å². The van der Waals surface area contributed by atoms with Gasteiger partial charge < -0.3 is 19.7 Å². The molecule has 3 aromatic rings. The van der Waals surface area contributed by atoms with Gasteiger partial charge in [-0.15, -0.1) is 0 Å². The minimum atomic E-state index is -0.383. The third-order valence-electron chi connectivity index (χ3n) is 13.3. The Hall–Kier alpha value is -4.24. The predicted molar refractivity (Wildman–Crippen MR) is 227 cm³/mol. The Morgan fingerprint density at radius 2 is 1.00 bits per heavy atom. The molecule has 9 rings (SSSR count). The summed E-state index contributed by atoms with van der Waals surface area (Å²) >= 11 is 0. The average molecular weight is 806 g/mol. The number of benzene rings is 3. The molecule has 1 N–H and O–H groups in total. The molecular formula is C46H59N7O6. The van der Waals surface area contributed by atoms with Crippen LogP contribution in [0.3, 0.4) is 0 Å². The molecule has 6 heterocycles. The van der Waals surface area contributed by atoms with Gasteiger partial charge in [-0.1, -0.05) is 30.7 Å². The van der Waals surface area contributed by atoms with Gasteiger partial charge in [-0.25, -0.2) is 0 Å². The third kappa shape index (κ3) is 8.42. The van der Waals surface area contributed by atoms with E-state index in [1.165, 1.54) is 47.5 Å². The first-order chi connectivity index (χ1) is 28.9. The highest BCUT2D eigenvalue weighted by molar-refractivity contribution is 6.36. The molecule has 0 radical (unpaired) electrons. The zero-order chi connectivity index (χ0) is 40.3. The minimum Gasteiger partial charge on any atom is -0.383 e. The van der Waals surface area contributed by atoms with Crippen LogP contribution in [0.4, 0.5) is 5.69 Å². The molecule has 6 aliphatic rings. The monoisotopic (exact) mass is 805 g/mol. The topological polar surface area (TPSA) is 118 Å². The van der Waals surface area contributed by atoms with Crippen LogP contribution in [0.15, 0.2) is 36.4 Å². The molecular weight excluding hydrogens is 747 g/mol. The van der Waals surface area contributed by atoms with Crippen LogP contribution in [0.2, 0.25) is 0 Å². The Morgan fingerprint density at radius 1 is 0.492 bits per heavy atom. The molecule has 13 nitrogen and oxygen atoms in total. The van der Waals surface area contributed by atoms with E-state index in [-0.39, 0.29) is 36.7 Å². The van der Waals surface area contributed by atoms with Crippen molar-refractivity contribution in [2.24, 2.45) is 0 Å². The van der Waals surface area contributed by atoms with E-state index >= 15 is 0 Å². The van der Waals surface area contributed by atoms with E-state index in [1.807, 2.05) is 18.2 Å². The fourth-order valence-electron chi connectivity index (χ4n) is 10.0. The lowest BCUT2D eigenvalue weighted by molar-refractivity contribution is 0.0351. The molecule has 0 aliphatic carbocycles. The van der Waals surface area contributed by atoms with Crippen molar-refractivity contribution in [2.75, 3.05) is 123 Å². The normalized spacial score (nSPS) is 21.0. The van der Waals surface area contributed by atoms with Crippen LogP contribution in [0.25, 0.3) is 21.9 Å². The number of hydrogen-bond acceptors (Lipinski definition) is 11. The molecule has 0 aromatic heterocycles. The second kappa shape index (κ2) is 18.2. The van der Waals surface area contributed by atoms with Crippen molar-refractivity contribution in [3.8, 4) is 11.1 Å². The number of nitrogens with one attached hydrogen (secondary N) is 1. The highest BCUT2D eigenvalue weighted by atomic mass is 16.5. The standard InChI is InChI=1S/C46H59N7O6/c54-43-36-30-35(34-10-8-33(9-11-34)32-51-15-2-1-3-16-51)41-39-37(44(55)52(45(41)56)19-6-17-49-22-26-58-27-23-49)31-38(47-12-21-48-13-4-5-14-48)42(40(36)39)46(57)53(43)20-7-18-50-24-28-59-29-25-50/h8-11,30-31,47H,1-7,12-29,32H2. The smallest absolute Gasteiger partial charge is 0.263 e. The van der Waals surface area contributed by atoms with E-state index in [4.69, 9.17) is 9.47 Å². The fraction of sp³-hybridized carbons (Fsp3) is 0.565. The molecule has 0 bridgehead atoms. The Bertz CT molecular complexity index is 2050. The first-order valence-electron chi connectivity index (χ1n) is 22.2. The molecule has 314 valence electrons. The van der Waals surface area contributed by atoms with E-state index < -0.39 is 0 Å². The molecule has 4 saturated heterocycles. The summed E-state index contributed by atoms with van der Waals surface area (Å²) in [6.45, 7) is 14.6. The van der Waals surface area contributed by atoms with Crippen molar-refractivity contribution >= 4 is 40.1 Å². The average Bonchev–Trinajstić information content (AvgIpc) is 3.79. The van der Waals surface area contributed by atoms with Gasteiger partial charge in [0.15, 0.2) is 0 Å². The van der Waals surface area contributed by atoms with Gasteiger partial charge in [0.05, 0.1) is 43.1 Å². The van der Waals surface area contributed by atoms with Gasteiger partial charge in [0, 0.05) is 94.0 Å². The highest BCUT2D eigenvalue weighted by Crippen LogP contribution is 2.45. The number of rotatable bonds is 15. The summed E-state index contributed by atoms with van der Waals surface area (Å²) in [5.41, 5.74) is 4.64. The van der Waals surface area contributed by atoms with Crippen LogP contribution in [0.1, 0.15) is 91.9 Å². The Kier molecular flexibility index (Phi) is 12.4. The second-order valence-electron chi connectivity index (χ2n) is 17.1. The second-order valence-corrected chi connectivity index (χ2v) is 17.1. The summed E-state index contributed by atoms with van der Waals surface area (Å²) in [5.74, 6) is -1.52. The summed E-state index contributed by atoms with van der Waals surface area (Å²) in [5, 5.41) is 4.39. The number of imide groups is 2. The number of carbonyl (C=O) groups excluding carboxylic acids is 4. The maximum atomic E-state index is 14.9. The van der Waals surface area contributed by atoms with E-state index in [0.717, 1.165) is 84.1 Å². The lowest BCUT2D eigenvalue weighted by Crippen LogP contribution is -2.45. The number of amides is 4. The van der Waals surface area contributed by atoms with Gasteiger partial charge in [-0.05, 0) is 93.5 Å². The molecule has 4 fully saturated rings. The number of piperidine rings is 1. The van der Waals surface area contributed by atoms with E-state index in [1.54, 1.807) is 6.07 Å². The number of anilines is 1. The number of morpholine rings is 2. The summed E-state index contributed by atoms with van der Waals surface area (Å²) in [6.07, 6.45) is 7.31. The predicted octanol–water partition coefficient (Wildman–Crippen LogP) is 4.64. The largest absolute Gasteiger partial charge is 0.383 e. The van der Waals surface area contributed by atoms with Gasteiger partial charge >= 0.3 is 0 Å². The van der Waals surface area contributed by atoms with E-state index in [9.17, 15) is 19.2 Å². The highest BCUT2D eigenvalue weighted by Gasteiger charge is 2.43. The van der Waals surface area contributed by atoms with E-state index in [2.05, 4.69) is 37.0 Å². The van der Waals surface area contributed by atoms with Crippen molar-refractivity contribution in [2.45, 2.75) is 51.5 Å². The molecule has 0 saturated carbocycles. The SMILES string of the molecule is O=C1c2cc(-c3ccc(CN4CCCCC4)cc3)c3c4c(cc(NCCN5CCCC5)c(c24)C(=O)N1CCCN1CCOCC1)C(=O)N(CCCN1CCOCC1)C3=O. The molecule has 13 heteroatoms. The first-order valence-corrected chi connectivity index (χ1v) is 22.2. The molecule has 3 aromatic carbocycles. The Balaban J connectivity index is 1.12. The van der Waals surface area contributed by atoms with Crippen molar-refractivity contribution in [1.82, 2.24) is 29.4 Å². The zero-order valence-electron chi connectivity index (χ0n) is 34.5. The third-order valence-corrected chi connectivity index (χ3v) is 13.3. The van der Waals surface area contributed by atoms with Gasteiger partial charge in [0.2, 0.25) is 0 Å². The summed E-state index contributed by atoms with van der Waals surface area (Å²) in [7, 11) is 0. The number of hydrogen-bond donors (Lipinski definition) is 1. The van der Waals surface area contributed by atoms with Crippen molar-refractivity contribution in [3.05, 3.63) is 64.2 Å². The number of likely N-dealkylation sites (tertiary alicyclic amines) is 2. The van der Waals surface area contributed by atoms with Crippen molar-refractivity contribution in [1.29, 1.82) is 0 Å². The van der Waals surface area contributed by atoms with Gasteiger partial charge in [-0.3, -0.25) is 43.7 Å². The van der Waals surface area contributed by atoms with Gasteiger partial charge in [0.1, 0.15) is 0 Å². The maximum Gasteiger partial charge on any atom is 0.263 e. The first kappa shape index (κ1) is 40.2. The lowest BCUT2D eigenvalue weighted by Gasteiger charge is -2.35. The number of carbonyl (C=O) groups is 4. The summed E-state index contributed by atoms with van der Waals surface area (Å²) in [4.78, 5) is 71.4. The minimum absolute atomic E-state index is 0.264. The van der Waals surface area contributed by atoms with Crippen LogP contribution in [-0.2, 0) is 16.0 Å². The van der Waals surface area contributed by atoms with Crippen molar-refractivity contribution < 1.29 is 28.7 Å². The maximum absolute atomic E-state index is 14.9. The molecule has 0 unspecified atom stereocenters. The fourth-order valence-corrected chi connectivity index (χ4v) is 10.0. The molecule has 4 amide bonds. The molecule has 0 atom stereocenters. The lowest BCUT2D eigenvalue weighted by atomic mass is 9.81. The Morgan fingerprint density at radius 3 is 1.61 bits per heavy atom. The van der Waals surface area contributed by atoms with Crippen LogP contribution in [-0.4, -0.2) is 171 Å². The van der Waals surface area contributed by atoms with Gasteiger partial charge in [-0.2, -0.15) is 0 Å². The summed E-state index contributed by atoms with van der Waals surface area (Å²) < 4.78 is 11.1. The molecule has 0 spiro atoms. The van der Waals surface area contributed by atoms with Crippen LogP contribution in [0, 0.1) is 0 Å². The molecule has 6 aliphatic heterocycles. The molecule has 59 heavy (non-hydrogen) atoms. The van der Waals surface area contributed by atoms with Crippen LogP contribution < -0.4 is 5.32 Å². The number of nitrogens with zero attached hydrogens (tertiary/aromatic N) is 6. The zero-order valence-corrected chi connectivity index (χ0v) is 34.5. The van der Waals surface area contributed by atoms with Crippen LogP contribution in [0.5, 0.6) is 0 Å². The quantitative estimate of drug-likeness (QED) is 0.217. The van der Waals surface area contributed by atoms with E-state index in [0.29, 0.717) is 90.1 Å². The number of ether oxygens (including phenoxy) is 2. The van der Waals surface area contributed by atoms with Gasteiger partial charge in [0.25, 0.3) is 23.6 Å². The summed E-state index contributed by atoms with van der Waals surface area (Å²) in [6, 6.07) is 12.0. The van der Waals surface area contributed by atoms with Crippen molar-refractivity contribution in [3.63, 3.8) is 0 Å².